The topological polar surface area (TPSA) is 80.5 Å². The Bertz CT molecular complexity index is 1060. The van der Waals surface area contributed by atoms with Gasteiger partial charge in [-0.05, 0) is 55.5 Å². The molecular formula is C22H23FN4O2S. The molecule has 2 atom stereocenters. The third-order valence-corrected chi connectivity index (χ3v) is 6.97. The summed E-state index contributed by atoms with van der Waals surface area (Å²) in [5.74, 6) is 0.415. The molecule has 2 amide bonds. The summed E-state index contributed by atoms with van der Waals surface area (Å²) in [6, 6.07) is 13.4. The minimum atomic E-state index is -0.429. The van der Waals surface area contributed by atoms with Crippen molar-refractivity contribution in [3.63, 3.8) is 0 Å². The lowest BCUT2D eigenvalue weighted by atomic mass is 9.96. The number of hydrogen-bond donors (Lipinski definition) is 2. The van der Waals surface area contributed by atoms with Crippen LogP contribution in [0.4, 0.5) is 9.18 Å². The molecule has 2 bridgehead atoms. The zero-order valence-corrected chi connectivity index (χ0v) is 17.2. The van der Waals surface area contributed by atoms with Gasteiger partial charge in [-0.1, -0.05) is 23.5 Å². The first-order chi connectivity index (χ1) is 14.5. The lowest BCUT2D eigenvalue weighted by molar-refractivity contribution is 0.112. The van der Waals surface area contributed by atoms with Crippen molar-refractivity contribution < 1.29 is 13.9 Å². The van der Waals surface area contributed by atoms with Gasteiger partial charge in [-0.3, -0.25) is 4.90 Å². The molecule has 2 aliphatic rings. The number of aromatic nitrogens is 1. The van der Waals surface area contributed by atoms with Gasteiger partial charge in [0.1, 0.15) is 11.6 Å². The minimum absolute atomic E-state index is 0.189. The minimum Gasteiger partial charge on any atom is -0.431 e. The predicted molar refractivity (Wildman–Crippen MR) is 114 cm³/mol. The van der Waals surface area contributed by atoms with Gasteiger partial charge in [0.2, 0.25) is 0 Å². The monoisotopic (exact) mass is 426 g/mol. The zero-order chi connectivity index (χ0) is 20.7. The van der Waals surface area contributed by atoms with Gasteiger partial charge in [-0.15, -0.1) is 0 Å². The number of carbonyl (C=O) groups excluding carboxylic acids is 1. The number of thiazole rings is 1. The average Bonchev–Trinajstić information content (AvgIpc) is 3.19. The standard InChI is InChI=1S/C22H23FN4O2S/c23-14-3-8-20-19(9-14)26-22(30-20)29-18-6-1-13(2-7-18)12-27-16-4-5-17(27)11-15(10-16)25-21(24)28/h1-3,6-9,15-17H,4-5,10-12H2,(H3,24,25,28). The molecular weight excluding hydrogens is 403 g/mol. The molecule has 5 rings (SSSR count). The number of nitrogens with zero attached hydrogens (tertiary/aromatic N) is 2. The Kier molecular flexibility index (Phi) is 5.04. The average molecular weight is 427 g/mol. The van der Waals surface area contributed by atoms with Gasteiger partial charge in [0.25, 0.3) is 5.19 Å². The molecule has 6 nitrogen and oxygen atoms in total. The SMILES string of the molecule is NC(=O)NC1CC2CCC(C1)N2Cc1ccc(Oc2nc3cc(F)ccc3s2)cc1. The third-order valence-electron chi connectivity index (χ3n) is 6.05. The Morgan fingerprint density at radius 2 is 1.93 bits per heavy atom. The van der Waals surface area contributed by atoms with Crippen molar-refractivity contribution >= 4 is 27.6 Å². The van der Waals surface area contributed by atoms with E-state index in [9.17, 15) is 9.18 Å². The fourth-order valence-electron chi connectivity index (χ4n) is 4.75. The van der Waals surface area contributed by atoms with Crippen LogP contribution in [0.2, 0.25) is 0 Å². The van der Waals surface area contributed by atoms with Crippen LogP contribution in [0.1, 0.15) is 31.2 Å². The second-order valence-electron chi connectivity index (χ2n) is 8.07. The van der Waals surface area contributed by atoms with Crippen molar-refractivity contribution in [1.82, 2.24) is 15.2 Å². The van der Waals surface area contributed by atoms with Crippen LogP contribution in [0.15, 0.2) is 42.5 Å². The first-order valence-electron chi connectivity index (χ1n) is 10.2. The number of benzene rings is 2. The molecule has 2 saturated heterocycles. The molecule has 2 aliphatic heterocycles. The molecule has 1 aromatic heterocycles. The van der Waals surface area contributed by atoms with Crippen LogP contribution in [0.25, 0.3) is 10.2 Å². The lowest BCUT2D eigenvalue weighted by Gasteiger charge is -2.39. The van der Waals surface area contributed by atoms with E-state index in [1.165, 1.54) is 41.9 Å². The molecule has 0 spiro atoms. The number of fused-ring (bicyclic) bond motifs is 3. The van der Waals surface area contributed by atoms with Crippen LogP contribution in [0.3, 0.4) is 0 Å². The largest absolute Gasteiger partial charge is 0.431 e. The van der Waals surface area contributed by atoms with Crippen molar-refractivity contribution in [3.8, 4) is 10.9 Å². The van der Waals surface area contributed by atoms with Crippen molar-refractivity contribution in [2.45, 2.75) is 50.4 Å². The number of halogens is 1. The third kappa shape index (κ3) is 3.97. The molecule has 0 saturated carbocycles. The van der Waals surface area contributed by atoms with E-state index in [4.69, 9.17) is 10.5 Å². The van der Waals surface area contributed by atoms with Gasteiger partial charge >= 0.3 is 6.03 Å². The fraction of sp³-hybridized carbons (Fsp3) is 0.364. The maximum Gasteiger partial charge on any atom is 0.312 e. The molecule has 8 heteroatoms. The van der Waals surface area contributed by atoms with E-state index in [0.717, 1.165) is 24.1 Å². The Balaban J connectivity index is 1.23. The number of nitrogens with two attached hydrogens (primary N) is 1. The van der Waals surface area contributed by atoms with Crippen LogP contribution in [-0.2, 0) is 6.54 Å². The van der Waals surface area contributed by atoms with E-state index in [1.807, 2.05) is 12.1 Å². The number of nitrogens with one attached hydrogen (secondary N) is 1. The summed E-state index contributed by atoms with van der Waals surface area (Å²) in [7, 11) is 0. The fourth-order valence-corrected chi connectivity index (χ4v) is 5.56. The molecule has 3 heterocycles. The number of amides is 2. The molecule has 156 valence electrons. The highest BCUT2D eigenvalue weighted by Gasteiger charge is 2.40. The van der Waals surface area contributed by atoms with Crippen LogP contribution >= 0.6 is 11.3 Å². The quantitative estimate of drug-likeness (QED) is 0.634. The molecule has 2 unspecified atom stereocenters. The Labute approximate surface area is 177 Å². The number of carbonyl (C=O) groups is 1. The summed E-state index contributed by atoms with van der Waals surface area (Å²) in [5, 5.41) is 3.39. The summed E-state index contributed by atoms with van der Waals surface area (Å²) >= 11 is 1.40. The number of rotatable bonds is 5. The highest BCUT2D eigenvalue weighted by Crippen LogP contribution is 2.37. The van der Waals surface area contributed by atoms with Gasteiger partial charge in [-0.25, -0.2) is 14.2 Å². The van der Waals surface area contributed by atoms with Gasteiger partial charge < -0.3 is 15.8 Å². The van der Waals surface area contributed by atoms with Crippen LogP contribution in [0.5, 0.6) is 10.9 Å². The molecule has 3 N–H and O–H groups in total. The van der Waals surface area contributed by atoms with Crippen molar-refractivity contribution in [3.05, 3.63) is 53.8 Å². The maximum atomic E-state index is 13.3. The Morgan fingerprint density at radius 1 is 1.20 bits per heavy atom. The summed E-state index contributed by atoms with van der Waals surface area (Å²) in [4.78, 5) is 18.1. The molecule has 0 radical (unpaired) electrons. The summed E-state index contributed by atoms with van der Waals surface area (Å²) in [5.41, 5.74) is 7.13. The van der Waals surface area contributed by atoms with Crippen molar-refractivity contribution in [1.29, 1.82) is 0 Å². The normalized spacial score (nSPS) is 23.6. The summed E-state index contributed by atoms with van der Waals surface area (Å²) in [6.45, 7) is 0.888. The lowest BCUT2D eigenvalue weighted by Crippen LogP contribution is -2.51. The Morgan fingerprint density at radius 3 is 2.63 bits per heavy atom. The van der Waals surface area contributed by atoms with E-state index in [2.05, 4.69) is 27.3 Å². The van der Waals surface area contributed by atoms with E-state index in [1.54, 1.807) is 6.07 Å². The van der Waals surface area contributed by atoms with Gasteiger partial charge in [-0.2, -0.15) is 0 Å². The summed E-state index contributed by atoms with van der Waals surface area (Å²) in [6.07, 6.45) is 4.25. The van der Waals surface area contributed by atoms with E-state index in [-0.39, 0.29) is 11.9 Å². The zero-order valence-electron chi connectivity index (χ0n) is 16.4. The van der Waals surface area contributed by atoms with Gasteiger partial charge in [0.05, 0.1) is 10.2 Å². The molecule has 2 fully saturated rings. The maximum absolute atomic E-state index is 13.3. The molecule has 0 aliphatic carbocycles. The molecule has 2 aromatic carbocycles. The number of hydrogen-bond acceptors (Lipinski definition) is 5. The number of primary amides is 1. The first kappa shape index (κ1) is 19.3. The number of piperidine rings is 1. The van der Waals surface area contributed by atoms with Crippen molar-refractivity contribution in [2.75, 3.05) is 0 Å². The van der Waals surface area contributed by atoms with E-state index < -0.39 is 6.03 Å². The van der Waals surface area contributed by atoms with Crippen LogP contribution in [0, 0.1) is 5.82 Å². The molecule has 30 heavy (non-hydrogen) atoms. The van der Waals surface area contributed by atoms with Gasteiger partial charge in [0, 0.05) is 30.7 Å². The van der Waals surface area contributed by atoms with Crippen molar-refractivity contribution in [2.24, 2.45) is 5.73 Å². The first-order valence-corrected chi connectivity index (χ1v) is 11.0. The van der Waals surface area contributed by atoms with Crippen LogP contribution in [-0.4, -0.2) is 34.0 Å². The van der Waals surface area contributed by atoms with E-state index >= 15 is 0 Å². The predicted octanol–water partition coefficient (Wildman–Crippen LogP) is 4.39. The summed E-state index contributed by atoms with van der Waals surface area (Å²) < 4.78 is 20.1. The van der Waals surface area contributed by atoms with Gasteiger partial charge in [0.15, 0.2) is 0 Å². The Hall–Kier alpha value is -2.71. The second kappa shape index (κ2) is 7.85. The number of ether oxygens (including phenoxy) is 1. The highest BCUT2D eigenvalue weighted by atomic mass is 32.1. The molecule has 3 aromatic rings. The number of urea groups is 1. The smallest absolute Gasteiger partial charge is 0.312 e. The second-order valence-corrected chi connectivity index (χ2v) is 9.07. The van der Waals surface area contributed by atoms with E-state index in [0.29, 0.717) is 28.5 Å². The van der Waals surface area contributed by atoms with Crippen LogP contribution < -0.4 is 15.8 Å². The highest BCUT2D eigenvalue weighted by molar-refractivity contribution is 7.20.